The van der Waals surface area contributed by atoms with Gasteiger partial charge in [-0.25, -0.2) is 0 Å². The monoisotopic (exact) mass is 231 g/mol. The summed E-state index contributed by atoms with van der Waals surface area (Å²) in [4.78, 5) is 0. The largest absolute Gasteiger partial charge is 0.330 e. The van der Waals surface area contributed by atoms with E-state index in [9.17, 15) is 0 Å². The fourth-order valence-corrected chi connectivity index (χ4v) is 1.82. The highest BCUT2D eigenvalue weighted by molar-refractivity contribution is 5.28. The second-order valence-electron chi connectivity index (χ2n) is 6.19. The molecule has 2 N–H and O–H groups in total. The van der Waals surface area contributed by atoms with Crippen LogP contribution in [0.3, 0.4) is 0 Å². The van der Waals surface area contributed by atoms with E-state index in [0.717, 1.165) is 6.42 Å². The van der Waals surface area contributed by atoms with Crippen molar-refractivity contribution in [3.05, 3.63) is 48.0 Å². The molecule has 1 heteroatoms. The first kappa shape index (κ1) is 14.0. The first-order chi connectivity index (χ1) is 7.80. The summed E-state index contributed by atoms with van der Waals surface area (Å²) in [6.07, 6.45) is 2.92. The van der Waals surface area contributed by atoms with Gasteiger partial charge in [0.25, 0.3) is 0 Å². The number of hydrogen-bond donors (Lipinski definition) is 1. The smallest absolute Gasteiger partial charge is 0.00146 e. The van der Waals surface area contributed by atoms with Crippen molar-refractivity contribution in [3.63, 3.8) is 0 Å². The summed E-state index contributed by atoms with van der Waals surface area (Å²) in [6.45, 7) is 13.4. The fraction of sp³-hybridized carbons (Fsp3) is 0.500. The third-order valence-corrected chi connectivity index (χ3v) is 3.39. The van der Waals surface area contributed by atoms with E-state index in [-0.39, 0.29) is 10.8 Å². The predicted molar refractivity (Wildman–Crippen MR) is 76.2 cm³/mol. The molecule has 0 bridgehead atoms. The van der Waals surface area contributed by atoms with Crippen molar-refractivity contribution in [1.82, 2.24) is 0 Å². The summed E-state index contributed by atoms with van der Waals surface area (Å²) in [5.74, 6) is 0. The van der Waals surface area contributed by atoms with Crippen molar-refractivity contribution < 1.29 is 0 Å². The van der Waals surface area contributed by atoms with Gasteiger partial charge in [0.05, 0.1) is 0 Å². The van der Waals surface area contributed by atoms with E-state index in [1.165, 1.54) is 11.1 Å². The fourth-order valence-electron chi connectivity index (χ4n) is 1.82. The number of benzene rings is 1. The highest BCUT2D eigenvalue weighted by Crippen LogP contribution is 2.26. The van der Waals surface area contributed by atoms with Gasteiger partial charge in [-0.1, -0.05) is 58.0 Å². The molecule has 0 aromatic heterocycles. The molecule has 1 aromatic rings. The molecule has 0 saturated carbocycles. The van der Waals surface area contributed by atoms with Gasteiger partial charge < -0.3 is 5.73 Å². The standard InChI is InChI=1S/C16H25N/c1-6-16(5,12-17)11-13-7-9-14(10-8-13)15(2,3)4/h6-10H,1,11-12,17H2,2-5H3. The zero-order valence-corrected chi connectivity index (χ0v) is 11.6. The zero-order valence-electron chi connectivity index (χ0n) is 11.6. The Morgan fingerprint density at radius 3 is 2.00 bits per heavy atom. The lowest BCUT2D eigenvalue weighted by Gasteiger charge is -2.24. The van der Waals surface area contributed by atoms with E-state index in [2.05, 4.69) is 58.5 Å². The number of rotatable bonds is 4. The van der Waals surface area contributed by atoms with E-state index in [4.69, 9.17) is 5.73 Å². The Morgan fingerprint density at radius 1 is 1.12 bits per heavy atom. The molecule has 0 amide bonds. The van der Waals surface area contributed by atoms with E-state index in [1.807, 2.05) is 6.08 Å². The summed E-state index contributed by atoms with van der Waals surface area (Å²) in [7, 11) is 0. The summed E-state index contributed by atoms with van der Waals surface area (Å²) in [6, 6.07) is 8.85. The topological polar surface area (TPSA) is 26.0 Å². The minimum atomic E-state index is 0.00322. The Balaban J connectivity index is 2.86. The normalized spacial score (nSPS) is 15.4. The van der Waals surface area contributed by atoms with E-state index in [0.29, 0.717) is 6.54 Å². The molecule has 17 heavy (non-hydrogen) atoms. The first-order valence-electron chi connectivity index (χ1n) is 6.24. The summed E-state index contributed by atoms with van der Waals surface area (Å²) in [5, 5.41) is 0. The molecule has 1 aromatic carbocycles. The molecule has 0 spiro atoms. The predicted octanol–water partition coefficient (Wildman–Crippen LogP) is 3.68. The van der Waals surface area contributed by atoms with Gasteiger partial charge in [-0.15, -0.1) is 6.58 Å². The molecule has 0 aliphatic heterocycles. The Kier molecular flexibility index (Phi) is 4.16. The van der Waals surface area contributed by atoms with Crippen LogP contribution in [0.4, 0.5) is 0 Å². The van der Waals surface area contributed by atoms with Gasteiger partial charge in [0.2, 0.25) is 0 Å². The van der Waals surface area contributed by atoms with Crippen LogP contribution in [0, 0.1) is 5.41 Å². The molecular weight excluding hydrogens is 206 g/mol. The average molecular weight is 231 g/mol. The van der Waals surface area contributed by atoms with Gasteiger partial charge in [-0.2, -0.15) is 0 Å². The van der Waals surface area contributed by atoms with Crippen molar-refractivity contribution >= 4 is 0 Å². The van der Waals surface area contributed by atoms with Crippen molar-refractivity contribution in [1.29, 1.82) is 0 Å². The SMILES string of the molecule is C=CC(C)(CN)Cc1ccc(C(C)(C)C)cc1. The molecule has 0 heterocycles. The van der Waals surface area contributed by atoms with E-state index < -0.39 is 0 Å². The van der Waals surface area contributed by atoms with Crippen molar-refractivity contribution in [2.24, 2.45) is 11.1 Å². The molecule has 0 radical (unpaired) electrons. The molecule has 1 unspecified atom stereocenters. The van der Waals surface area contributed by atoms with Crippen LogP contribution in [0.5, 0.6) is 0 Å². The molecule has 0 aliphatic rings. The van der Waals surface area contributed by atoms with Crippen LogP contribution in [-0.2, 0) is 11.8 Å². The minimum absolute atomic E-state index is 0.00322. The second-order valence-corrected chi connectivity index (χ2v) is 6.19. The maximum atomic E-state index is 5.79. The molecule has 1 nitrogen and oxygen atoms in total. The molecule has 1 atom stereocenters. The zero-order chi connectivity index (χ0) is 13.1. The van der Waals surface area contributed by atoms with Crippen molar-refractivity contribution in [2.75, 3.05) is 6.54 Å². The van der Waals surface area contributed by atoms with Crippen LogP contribution >= 0.6 is 0 Å². The number of hydrogen-bond acceptors (Lipinski definition) is 1. The van der Waals surface area contributed by atoms with Gasteiger partial charge in [-0.05, 0) is 23.0 Å². The average Bonchev–Trinajstić information content (AvgIpc) is 2.28. The maximum Gasteiger partial charge on any atom is 0.00146 e. The molecule has 1 rings (SSSR count). The Labute approximate surface area is 106 Å². The Morgan fingerprint density at radius 2 is 1.65 bits per heavy atom. The summed E-state index contributed by atoms with van der Waals surface area (Å²) < 4.78 is 0. The van der Waals surface area contributed by atoms with Crippen LogP contribution in [0.2, 0.25) is 0 Å². The molecule has 0 fully saturated rings. The van der Waals surface area contributed by atoms with Crippen LogP contribution < -0.4 is 5.73 Å². The van der Waals surface area contributed by atoms with Crippen LogP contribution in [-0.4, -0.2) is 6.54 Å². The second kappa shape index (κ2) is 5.05. The van der Waals surface area contributed by atoms with Crippen molar-refractivity contribution in [3.8, 4) is 0 Å². The van der Waals surface area contributed by atoms with Gasteiger partial charge in [0.15, 0.2) is 0 Å². The van der Waals surface area contributed by atoms with E-state index >= 15 is 0 Å². The Bertz CT molecular complexity index is 370. The third kappa shape index (κ3) is 3.71. The maximum absolute atomic E-state index is 5.79. The Hall–Kier alpha value is -1.08. The highest BCUT2D eigenvalue weighted by Gasteiger charge is 2.19. The van der Waals surface area contributed by atoms with Gasteiger partial charge in [0, 0.05) is 12.0 Å². The third-order valence-electron chi connectivity index (χ3n) is 3.39. The lowest BCUT2D eigenvalue weighted by molar-refractivity contribution is 0.439. The lowest BCUT2D eigenvalue weighted by atomic mass is 9.82. The lowest BCUT2D eigenvalue weighted by Crippen LogP contribution is -2.27. The highest BCUT2D eigenvalue weighted by atomic mass is 14.6. The first-order valence-corrected chi connectivity index (χ1v) is 6.24. The van der Waals surface area contributed by atoms with E-state index in [1.54, 1.807) is 0 Å². The van der Waals surface area contributed by atoms with Gasteiger partial charge >= 0.3 is 0 Å². The van der Waals surface area contributed by atoms with Crippen LogP contribution in [0.25, 0.3) is 0 Å². The van der Waals surface area contributed by atoms with Crippen LogP contribution in [0.15, 0.2) is 36.9 Å². The molecule has 94 valence electrons. The summed E-state index contributed by atoms with van der Waals surface area (Å²) >= 11 is 0. The minimum Gasteiger partial charge on any atom is -0.330 e. The van der Waals surface area contributed by atoms with Crippen molar-refractivity contribution in [2.45, 2.75) is 39.5 Å². The number of nitrogens with two attached hydrogens (primary N) is 1. The molecular formula is C16H25N. The quantitative estimate of drug-likeness (QED) is 0.786. The molecule has 0 saturated heterocycles. The summed E-state index contributed by atoms with van der Waals surface area (Å²) in [5.41, 5.74) is 8.71. The molecule has 0 aliphatic carbocycles. The van der Waals surface area contributed by atoms with Crippen LogP contribution in [0.1, 0.15) is 38.8 Å². The van der Waals surface area contributed by atoms with Gasteiger partial charge in [0.1, 0.15) is 0 Å². The van der Waals surface area contributed by atoms with Gasteiger partial charge in [-0.3, -0.25) is 0 Å².